The normalized spacial score (nSPS) is 18.9. The van der Waals surface area contributed by atoms with Gasteiger partial charge in [0.25, 0.3) is 5.91 Å². The molecule has 1 heterocycles. The van der Waals surface area contributed by atoms with Gasteiger partial charge in [0.15, 0.2) is 0 Å². The Kier molecular flexibility index (Phi) is 4.98. The Hall–Kier alpha value is -1.59. The zero-order chi connectivity index (χ0) is 14.5. The molecule has 4 amide bonds. The van der Waals surface area contributed by atoms with Gasteiger partial charge < -0.3 is 10.2 Å². The third kappa shape index (κ3) is 3.71. The Bertz CT molecular complexity index is 393. The van der Waals surface area contributed by atoms with Crippen LogP contribution in [0.25, 0.3) is 0 Å². The van der Waals surface area contributed by atoms with Crippen LogP contribution in [0.4, 0.5) is 4.79 Å². The molecule has 112 valence electrons. The lowest BCUT2D eigenvalue weighted by Crippen LogP contribution is -2.42. The molecule has 1 aliphatic heterocycles. The van der Waals surface area contributed by atoms with Gasteiger partial charge in [-0.1, -0.05) is 26.2 Å². The zero-order valence-electron chi connectivity index (χ0n) is 12.1. The molecule has 2 rings (SSSR count). The highest BCUT2D eigenvalue weighted by atomic mass is 16.2. The van der Waals surface area contributed by atoms with Crippen molar-refractivity contribution in [3.63, 3.8) is 0 Å². The molecule has 0 aromatic carbocycles. The first kappa shape index (κ1) is 14.8. The Labute approximate surface area is 119 Å². The molecule has 1 N–H and O–H groups in total. The fraction of sp³-hybridized carbons (Fsp3) is 0.786. The average Bonchev–Trinajstić information content (AvgIpc) is 3.21. The van der Waals surface area contributed by atoms with E-state index < -0.39 is 0 Å². The van der Waals surface area contributed by atoms with Gasteiger partial charge >= 0.3 is 6.03 Å². The molecule has 1 saturated carbocycles. The van der Waals surface area contributed by atoms with Gasteiger partial charge in [0.05, 0.1) is 0 Å². The van der Waals surface area contributed by atoms with Gasteiger partial charge in [-0.2, -0.15) is 0 Å². The minimum Gasteiger partial charge on any atom is -0.355 e. The van der Waals surface area contributed by atoms with E-state index in [9.17, 15) is 14.4 Å². The van der Waals surface area contributed by atoms with Gasteiger partial charge in [0.2, 0.25) is 5.91 Å². The first-order chi connectivity index (χ1) is 9.63. The fourth-order valence-corrected chi connectivity index (χ4v) is 2.37. The van der Waals surface area contributed by atoms with Crippen molar-refractivity contribution in [3.05, 3.63) is 0 Å². The molecule has 6 heteroatoms. The first-order valence-electron chi connectivity index (χ1n) is 7.51. The summed E-state index contributed by atoms with van der Waals surface area (Å²) in [6.07, 6.45) is 6.29. The molecule has 0 spiro atoms. The summed E-state index contributed by atoms with van der Waals surface area (Å²) in [6, 6.07) is -0.0906. The van der Waals surface area contributed by atoms with Crippen LogP contribution in [0.2, 0.25) is 0 Å². The molecular weight excluding hydrogens is 258 g/mol. The van der Waals surface area contributed by atoms with Crippen molar-refractivity contribution in [1.82, 2.24) is 15.1 Å². The van der Waals surface area contributed by atoms with Gasteiger partial charge in [-0.25, -0.2) is 4.79 Å². The van der Waals surface area contributed by atoms with Crippen molar-refractivity contribution in [1.29, 1.82) is 0 Å². The number of amides is 4. The highest BCUT2D eigenvalue weighted by Gasteiger charge is 2.44. The second-order valence-corrected chi connectivity index (χ2v) is 5.53. The summed E-state index contributed by atoms with van der Waals surface area (Å²) >= 11 is 0. The summed E-state index contributed by atoms with van der Waals surface area (Å²) in [5.41, 5.74) is 0. The number of hydrogen-bond donors (Lipinski definition) is 1. The highest BCUT2D eigenvalue weighted by molar-refractivity contribution is 6.04. The smallest absolute Gasteiger partial charge is 0.327 e. The third-order valence-corrected chi connectivity index (χ3v) is 3.73. The Balaban J connectivity index is 1.70. The Morgan fingerprint density at radius 2 is 2.00 bits per heavy atom. The summed E-state index contributed by atoms with van der Waals surface area (Å²) in [7, 11) is 0. The number of carbonyl (C=O) groups is 3. The SMILES string of the molecule is CCCCCCNC(=O)CN1C(=O)CN(C2CC2)C1=O. The molecule has 20 heavy (non-hydrogen) atoms. The summed E-state index contributed by atoms with van der Waals surface area (Å²) in [4.78, 5) is 38.1. The molecule has 1 saturated heterocycles. The van der Waals surface area contributed by atoms with Gasteiger partial charge in [-0.15, -0.1) is 0 Å². The summed E-state index contributed by atoms with van der Waals surface area (Å²) in [6.45, 7) is 2.73. The van der Waals surface area contributed by atoms with Crippen LogP contribution in [0.1, 0.15) is 45.4 Å². The molecule has 6 nitrogen and oxygen atoms in total. The maximum absolute atomic E-state index is 12.0. The van der Waals surface area contributed by atoms with E-state index in [4.69, 9.17) is 0 Å². The molecule has 2 fully saturated rings. The monoisotopic (exact) mass is 281 g/mol. The predicted octanol–water partition coefficient (Wildman–Crippen LogP) is 1.11. The molecule has 0 unspecified atom stereocenters. The molecule has 0 aromatic rings. The molecular formula is C14H23N3O3. The lowest BCUT2D eigenvalue weighted by Gasteiger charge is -2.16. The molecule has 2 aliphatic rings. The van der Waals surface area contributed by atoms with Crippen LogP contribution in [0, 0.1) is 0 Å². The number of hydrogen-bond acceptors (Lipinski definition) is 3. The predicted molar refractivity (Wildman–Crippen MR) is 74.0 cm³/mol. The summed E-state index contributed by atoms with van der Waals surface area (Å²) in [5, 5.41) is 2.77. The highest BCUT2D eigenvalue weighted by Crippen LogP contribution is 2.30. The number of unbranched alkanes of at least 4 members (excludes halogenated alkanes) is 3. The van der Waals surface area contributed by atoms with E-state index in [1.165, 1.54) is 0 Å². The van der Waals surface area contributed by atoms with E-state index in [2.05, 4.69) is 12.2 Å². The molecule has 1 aliphatic carbocycles. The van der Waals surface area contributed by atoms with Crippen LogP contribution >= 0.6 is 0 Å². The molecule has 0 bridgehead atoms. The van der Waals surface area contributed by atoms with Gasteiger partial charge in [-0.3, -0.25) is 14.5 Å². The fourth-order valence-electron chi connectivity index (χ4n) is 2.37. The zero-order valence-corrected chi connectivity index (χ0v) is 12.1. The van der Waals surface area contributed by atoms with E-state index in [-0.39, 0.29) is 37.0 Å². The van der Waals surface area contributed by atoms with E-state index in [1.54, 1.807) is 4.90 Å². The number of nitrogens with one attached hydrogen (secondary N) is 1. The van der Waals surface area contributed by atoms with Crippen molar-refractivity contribution in [2.45, 2.75) is 51.5 Å². The van der Waals surface area contributed by atoms with Crippen LogP contribution in [0.3, 0.4) is 0 Å². The topological polar surface area (TPSA) is 69.7 Å². The maximum Gasteiger partial charge on any atom is 0.327 e. The van der Waals surface area contributed by atoms with Crippen molar-refractivity contribution < 1.29 is 14.4 Å². The number of carbonyl (C=O) groups excluding carboxylic acids is 3. The van der Waals surface area contributed by atoms with Gasteiger partial charge in [-0.05, 0) is 19.3 Å². The minimum atomic E-state index is -0.307. The van der Waals surface area contributed by atoms with Crippen LogP contribution in [0.5, 0.6) is 0 Å². The minimum absolute atomic E-state index is 0.132. The van der Waals surface area contributed by atoms with E-state index in [0.717, 1.165) is 43.4 Å². The van der Waals surface area contributed by atoms with Crippen LogP contribution in [-0.4, -0.2) is 53.3 Å². The number of urea groups is 1. The molecule has 0 aromatic heterocycles. The van der Waals surface area contributed by atoms with Crippen molar-refractivity contribution in [2.24, 2.45) is 0 Å². The van der Waals surface area contributed by atoms with E-state index >= 15 is 0 Å². The van der Waals surface area contributed by atoms with Gasteiger partial charge in [0.1, 0.15) is 13.1 Å². The average molecular weight is 281 g/mol. The number of imide groups is 1. The largest absolute Gasteiger partial charge is 0.355 e. The van der Waals surface area contributed by atoms with Crippen molar-refractivity contribution in [3.8, 4) is 0 Å². The second-order valence-electron chi connectivity index (χ2n) is 5.53. The maximum atomic E-state index is 12.0. The number of rotatable bonds is 8. The summed E-state index contributed by atoms with van der Waals surface area (Å²) in [5.74, 6) is -0.510. The molecule has 0 atom stereocenters. The van der Waals surface area contributed by atoms with Gasteiger partial charge in [0, 0.05) is 12.6 Å². The standard InChI is InChI=1S/C14H23N3O3/c1-2-3-4-5-8-15-12(18)9-17-13(19)10-16(14(17)20)11-6-7-11/h11H,2-10H2,1H3,(H,15,18). The quantitative estimate of drug-likeness (QED) is 0.535. The third-order valence-electron chi connectivity index (χ3n) is 3.73. The van der Waals surface area contributed by atoms with E-state index in [0.29, 0.717) is 6.54 Å². The van der Waals surface area contributed by atoms with Crippen LogP contribution in [-0.2, 0) is 9.59 Å². The lowest BCUT2D eigenvalue weighted by atomic mass is 10.2. The number of nitrogens with zero attached hydrogens (tertiary/aromatic N) is 2. The molecule has 0 radical (unpaired) electrons. The Morgan fingerprint density at radius 1 is 1.25 bits per heavy atom. The van der Waals surface area contributed by atoms with E-state index in [1.807, 2.05) is 0 Å². The first-order valence-corrected chi connectivity index (χ1v) is 7.51. The summed E-state index contributed by atoms with van der Waals surface area (Å²) < 4.78 is 0. The van der Waals surface area contributed by atoms with Crippen molar-refractivity contribution in [2.75, 3.05) is 19.6 Å². The van der Waals surface area contributed by atoms with Crippen LogP contribution in [0.15, 0.2) is 0 Å². The lowest BCUT2D eigenvalue weighted by molar-refractivity contribution is -0.130. The Morgan fingerprint density at radius 3 is 2.65 bits per heavy atom. The van der Waals surface area contributed by atoms with Crippen LogP contribution < -0.4 is 5.32 Å². The second kappa shape index (κ2) is 6.72. The van der Waals surface area contributed by atoms with Crippen molar-refractivity contribution >= 4 is 17.8 Å².